The van der Waals surface area contributed by atoms with Crippen LogP contribution in [0.3, 0.4) is 0 Å². The van der Waals surface area contributed by atoms with Crippen LogP contribution in [-0.2, 0) is 22.6 Å². The number of carbonyl (C=O) groups excluding carboxylic acids is 2. The zero-order valence-corrected chi connectivity index (χ0v) is 18.2. The molecule has 3 heterocycles. The van der Waals surface area contributed by atoms with E-state index in [2.05, 4.69) is 20.3 Å². The van der Waals surface area contributed by atoms with E-state index in [1.807, 2.05) is 38.1 Å². The van der Waals surface area contributed by atoms with Gasteiger partial charge in [-0.1, -0.05) is 31.2 Å². The zero-order valence-electron chi connectivity index (χ0n) is 18.2. The third kappa shape index (κ3) is 3.64. The molecule has 166 valence electrons. The molecule has 2 aliphatic rings. The Morgan fingerprint density at radius 2 is 2.12 bits per heavy atom. The number of imidazole rings is 1. The van der Waals surface area contributed by atoms with Crippen LogP contribution in [0.2, 0.25) is 0 Å². The Kier molecular flexibility index (Phi) is 5.17. The Balaban J connectivity index is 1.36. The molecule has 2 aromatic carbocycles. The molecule has 2 atom stereocenters. The minimum Gasteiger partial charge on any atom is -0.342 e. The van der Waals surface area contributed by atoms with Crippen LogP contribution in [-0.4, -0.2) is 44.9 Å². The summed E-state index contributed by atoms with van der Waals surface area (Å²) in [5, 5.41) is 6.83. The van der Waals surface area contributed by atoms with Crippen LogP contribution in [0.4, 0.5) is 4.39 Å². The first-order valence-electron chi connectivity index (χ1n) is 11.0. The third-order valence-electron chi connectivity index (χ3n) is 6.39. The summed E-state index contributed by atoms with van der Waals surface area (Å²) < 4.78 is 13.7. The number of nitrogens with zero attached hydrogens (tertiary/aromatic N) is 3. The molecular weight excluding hydrogens is 409 g/mol. The van der Waals surface area contributed by atoms with Crippen molar-refractivity contribution in [2.24, 2.45) is 5.92 Å². The van der Waals surface area contributed by atoms with Crippen molar-refractivity contribution < 1.29 is 14.0 Å². The molecule has 1 aromatic heterocycles. The normalized spacial score (nSPS) is 19.5. The molecule has 0 radical (unpaired) electrons. The minimum absolute atomic E-state index is 0.0946. The Morgan fingerprint density at radius 3 is 2.97 bits per heavy atom. The van der Waals surface area contributed by atoms with E-state index in [1.165, 1.54) is 12.1 Å². The molecule has 1 fully saturated rings. The lowest BCUT2D eigenvalue weighted by molar-refractivity contribution is -0.148. The van der Waals surface area contributed by atoms with E-state index in [9.17, 15) is 14.0 Å². The largest absolute Gasteiger partial charge is 0.342 e. The van der Waals surface area contributed by atoms with Gasteiger partial charge in [0.1, 0.15) is 17.7 Å². The van der Waals surface area contributed by atoms with E-state index in [-0.39, 0.29) is 17.6 Å². The molecule has 1 unspecified atom stereocenters. The quantitative estimate of drug-likeness (QED) is 0.660. The van der Waals surface area contributed by atoms with Crippen molar-refractivity contribution >= 4 is 22.8 Å². The summed E-state index contributed by atoms with van der Waals surface area (Å²) in [7, 11) is 0. The average molecular weight is 436 g/mol. The Labute approximate surface area is 185 Å². The number of aryl methyl sites for hydroxylation is 1. The summed E-state index contributed by atoms with van der Waals surface area (Å²) in [5.74, 6) is -0.439. The van der Waals surface area contributed by atoms with Crippen molar-refractivity contribution in [2.75, 3.05) is 13.1 Å². The van der Waals surface area contributed by atoms with Gasteiger partial charge in [0.15, 0.2) is 0 Å². The van der Waals surface area contributed by atoms with E-state index < -0.39 is 12.0 Å². The smallest absolute Gasteiger partial charge is 0.264 e. The molecule has 3 aromatic rings. The number of halogens is 1. The lowest BCUT2D eigenvalue weighted by atomic mass is 9.98. The van der Waals surface area contributed by atoms with Crippen LogP contribution in [0.15, 0.2) is 36.4 Å². The van der Waals surface area contributed by atoms with Crippen molar-refractivity contribution in [3.05, 3.63) is 64.7 Å². The lowest BCUT2D eigenvalue weighted by Gasteiger charge is -2.28. The van der Waals surface area contributed by atoms with Crippen molar-refractivity contribution in [3.8, 4) is 0 Å². The molecule has 1 saturated heterocycles. The molecule has 2 N–H and O–H groups in total. The second-order valence-electron chi connectivity index (χ2n) is 8.75. The molecule has 32 heavy (non-hydrogen) atoms. The van der Waals surface area contributed by atoms with Gasteiger partial charge < -0.3 is 10.3 Å². The van der Waals surface area contributed by atoms with Gasteiger partial charge in [-0.3, -0.25) is 14.6 Å². The molecule has 0 saturated carbocycles. The maximum absolute atomic E-state index is 13.7. The topological polar surface area (TPSA) is 81.3 Å². The third-order valence-corrected chi connectivity index (χ3v) is 6.39. The lowest BCUT2D eigenvalue weighted by Crippen LogP contribution is -2.46. The summed E-state index contributed by atoms with van der Waals surface area (Å²) in [6.07, 6.45) is 1.29. The minimum atomic E-state index is -0.712. The number of hydrogen-bond donors (Lipinski definition) is 2. The van der Waals surface area contributed by atoms with Crippen molar-refractivity contribution in [1.29, 1.82) is 0 Å². The molecule has 5 rings (SSSR count). The predicted octanol–water partition coefficient (Wildman–Crippen LogP) is 3.01. The monoisotopic (exact) mass is 435 g/mol. The zero-order chi connectivity index (χ0) is 22.4. The van der Waals surface area contributed by atoms with Gasteiger partial charge in [0.05, 0.1) is 11.0 Å². The van der Waals surface area contributed by atoms with Crippen LogP contribution in [0.1, 0.15) is 41.9 Å². The van der Waals surface area contributed by atoms with E-state index >= 15 is 0 Å². The fourth-order valence-corrected chi connectivity index (χ4v) is 4.71. The summed E-state index contributed by atoms with van der Waals surface area (Å²) in [5.41, 5.74) is 4.00. The molecule has 0 spiro atoms. The van der Waals surface area contributed by atoms with Crippen LogP contribution in [0.5, 0.6) is 0 Å². The number of amides is 2. The Hall–Kier alpha value is -3.26. The molecule has 0 bridgehead atoms. The highest BCUT2D eigenvalue weighted by Crippen LogP contribution is 2.30. The second-order valence-corrected chi connectivity index (χ2v) is 8.75. The number of aromatic nitrogens is 2. The number of fused-ring (bicyclic) bond motifs is 3. The fourth-order valence-electron chi connectivity index (χ4n) is 4.71. The van der Waals surface area contributed by atoms with Crippen molar-refractivity contribution in [1.82, 2.24) is 25.3 Å². The molecule has 2 aliphatic heterocycles. The highest BCUT2D eigenvalue weighted by Gasteiger charge is 2.38. The van der Waals surface area contributed by atoms with E-state index in [1.54, 1.807) is 5.01 Å². The second kappa shape index (κ2) is 8.02. The van der Waals surface area contributed by atoms with Gasteiger partial charge in [0, 0.05) is 38.0 Å². The number of hydrazine groups is 1. The molecule has 7 nitrogen and oxygen atoms in total. The maximum Gasteiger partial charge on any atom is 0.264 e. The Bertz CT molecular complexity index is 1210. The van der Waals surface area contributed by atoms with Gasteiger partial charge >= 0.3 is 0 Å². The van der Waals surface area contributed by atoms with Gasteiger partial charge in [-0.15, -0.1) is 0 Å². The number of benzene rings is 2. The fraction of sp³-hybridized carbons (Fsp3) is 0.375. The number of carbonyl (C=O) groups is 2. The summed E-state index contributed by atoms with van der Waals surface area (Å²) >= 11 is 0. The van der Waals surface area contributed by atoms with Crippen LogP contribution < -0.4 is 5.32 Å². The number of nitrogens with one attached hydrogen (secondary N) is 2. The van der Waals surface area contributed by atoms with E-state index in [4.69, 9.17) is 0 Å². The Morgan fingerprint density at radius 1 is 1.31 bits per heavy atom. The van der Waals surface area contributed by atoms with Gasteiger partial charge in [0.25, 0.3) is 5.91 Å². The SMILES string of the molecule is Cc1cc(F)cc2nc(CC(C)C(=O)N[C@@H]3C(=O)N4CCCN4Cc4ccccc43)[nH]c12. The van der Waals surface area contributed by atoms with E-state index in [0.717, 1.165) is 35.2 Å². The number of rotatable bonds is 4. The number of aromatic amines is 1. The first-order chi connectivity index (χ1) is 15.4. The van der Waals surface area contributed by atoms with Gasteiger partial charge in [-0.05, 0) is 36.1 Å². The maximum atomic E-state index is 13.7. The van der Waals surface area contributed by atoms with Gasteiger partial charge in [-0.25, -0.2) is 14.4 Å². The van der Waals surface area contributed by atoms with Crippen molar-refractivity contribution in [2.45, 2.75) is 39.3 Å². The van der Waals surface area contributed by atoms with Crippen molar-refractivity contribution in [3.63, 3.8) is 0 Å². The standard InChI is InChI=1S/C24H26FN5O2/c1-14-10-17(25)12-19-21(14)27-20(26-19)11-15(2)23(31)28-22-18-7-4-3-6-16(18)13-29-8-5-9-30(29)24(22)32/h3-4,6-7,10,12,15,22H,5,8-9,11,13H2,1-2H3,(H,26,27)(H,28,31)/t15?,22-/m0/s1. The van der Waals surface area contributed by atoms with Crippen LogP contribution >= 0.6 is 0 Å². The van der Waals surface area contributed by atoms with Gasteiger partial charge in [-0.2, -0.15) is 0 Å². The molecule has 2 amide bonds. The van der Waals surface area contributed by atoms with Crippen LogP contribution in [0, 0.1) is 18.7 Å². The highest BCUT2D eigenvalue weighted by atomic mass is 19.1. The predicted molar refractivity (Wildman–Crippen MR) is 118 cm³/mol. The highest BCUT2D eigenvalue weighted by molar-refractivity contribution is 5.90. The van der Waals surface area contributed by atoms with Gasteiger partial charge in [0.2, 0.25) is 5.91 Å². The number of H-pyrrole nitrogens is 1. The summed E-state index contributed by atoms with van der Waals surface area (Å²) in [6, 6.07) is 9.93. The number of hydrogen-bond acceptors (Lipinski definition) is 4. The summed E-state index contributed by atoms with van der Waals surface area (Å²) in [6.45, 7) is 5.80. The molecule has 8 heteroatoms. The molecular formula is C24H26FN5O2. The average Bonchev–Trinajstić information content (AvgIpc) is 3.36. The van der Waals surface area contributed by atoms with E-state index in [0.29, 0.717) is 30.9 Å². The van der Waals surface area contributed by atoms with Crippen LogP contribution in [0.25, 0.3) is 11.0 Å². The first kappa shape index (κ1) is 20.6. The molecule has 0 aliphatic carbocycles. The summed E-state index contributed by atoms with van der Waals surface area (Å²) in [4.78, 5) is 34.1. The first-order valence-corrected chi connectivity index (χ1v) is 11.0.